The first-order valence-corrected chi connectivity index (χ1v) is 12.5. The summed E-state index contributed by atoms with van der Waals surface area (Å²) in [4.78, 5) is 7.97. The zero-order chi connectivity index (χ0) is 25.0. The van der Waals surface area contributed by atoms with E-state index in [4.69, 9.17) is 11.5 Å². The van der Waals surface area contributed by atoms with Crippen molar-refractivity contribution in [3.05, 3.63) is 84.4 Å². The van der Waals surface area contributed by atoms with Gasteiger partial charge in [0.15, 0.2) is 0 Å². The van der Waals surface area contributed by atoms with Crippen LogP contribution in [0, 0.1) is 0 Å². The van der Waals surface area contributed by atoms with Gasteiger partial charge in [-0.2, -0.15) is 13.4 Å². The molecule has 0 radical (unpaired) electrons. The molecule has 0 aliphatic carbocycles. The lowest BCUT2D eigenvalue weighted by atomic mass is 10.0. The molecule has 0 bridgehead atoms. The molecule has 0 spiro atoms. The van der Waals surface area contributed by atoms with Crippen molar-refractivity contribution in [3.63, 3.8) is 0 Å². The Labute approximate surface area is 207 Å². The summed E-state index contributed by atoms with van der Waals surface area (Å²) in [7, 11) is -4.51. The maximum atomic E-state index is 11.7. The van der Waals surface area contributed by atoms with E-state index in [2.05, 4.69) is 45.6 Å². The third kappa shape index (κ3) is 5.19. The summed E-state index contributed by atoms with van der Waals surface area (Å²) in [6.45, 7) is 0.399. The highest BCUT2D eigenvalue weighted by Gasteiger charge is 2.22. The van der Waals surface area contributed by atoms with Gasteiger partial charge in [0.25, 0.3) is 10.1 Å². The van der Waals surface area contributed by atoms with E-state index in [9.17, 15) is 13.0 Å². The molecule has 5 aromatic rings. The zero-order valence-electron chi connectivity index (χ0n) is 18.5. The van der Waals surface area contributed by atoms with Gasteiger partial charge in [0.2, 0.25) is 0 Å². The molecular formula is C26H22N4O3S2. The molecule has 5 N–H and O–H groups in total. The van der Waals surface area contributed by atoms with E-state index in [0.717, 1.165) is 16.6 Å². The number of nitrogens with zero attached hydrogens (tertiary/aromatic N) is 2. The van der Waals surface area contributed by atoms with Crippen molar-refractivity contribution in [3.8, 4) is 0 Å². The van der Waals surface area contributed by atoms with Crippen LogP contribution in [0.15, 0.2) is 88.8 Å². The van der Waals surface area contributed by atoms with Gasteiger partial charge in [0, 0.05) is 16.2 Å². The Morgan fingerprint density at radius 1 is 0.914 bits per heavy atom. The fourth-order valence-corrected chi connectivity index (χ4v) is 4.91. The Hall–Kier alpha value is -3.72. The molecule has 0 aliphatic rings. The second kappa shape index (κ2) is 10.3. The van der Waals surface area contributed by atoms with Gasteiger partial charge >= 0.3 is 0 Å². The predicted molar refractivity (Wildman–Crippen MR) is 145 cm³/mol. The molecule has 9 heteroatoms. The largest absolute Gasteiger partial charge is 0.396 e. The van der Waals surface area contributed by atoms with E-state index in [1.54, 1.807) is 18.2 Å². The van der Waals surface area contributed by atoms with Gasteiger partial charge in [0.1, 0.15) is 4.90 Å². The van der Waals surface area contributed by atoms with Crippen molar-refractivity contribution in [1.82, 2.24) is 4.98 Å². The Morgan fingerprint density at radius 3 is 2.11 bits per heavy atom. The van der Waals surface area contributed by atoms with Crippen molar-refractivity contribution in [2.45, 2.75) is 11.3 Å². The number of aliphatic imine (C=N–C) groups is 1. The van der Waals surface area contributed by atoms with Gasteiger partial charge in [0.05, 0.1) is 27.6 Å². The molecule has 0 amide bonds. The molecular weight excluding hydrogens is 480 g/mol. The maximum absolute atomic E-state index is 11.7. The molecule has 7 nitrogen and oxygen atoms in total. The minimum atomic E-state index is -4.51. The van der Waals surface area contributed by atoms with Gasteiger partial charge in [-0.05, 0) is 60.4 Å². The lowest BCUT2D eigenvalue weighted by molar-refractivity contribution is 0.484. The maximum Gasteiger partial charge on any atom is 0.297 e. The molecule has 5 rings (SSSR count). The number of pyridine rings is 1. The van der Waals surface area contributed by atoms with Crippen LogP contribution in [-0.2, 0) is 16.5 Å². The Bertz CT molecular complexity index is 1610. The number of nitrogen functional groups attached to an aromatic ring is 1. The zero-order valence-corrected chi connectivity index (χ0v) is 20.2. The van der Waals surface area contributed by atoms with Crippen LogP contribution in [0.1, 0.15) is 5.56 Å². The first-order valence-electron chi connectivity index (χ1n) is 10.7. The van der Waals surface area contributed by atoms with Gasteiger partial charge in [-0.15, -0.1) is 0 Å². The normalized spacial score (nSPS) is 11.1. The highest BCUT2D eigenvalue weighted by molar-refractivity contribution is 7.86. The van der Waals surface area contributed by atoms with Gasteiger partial charge in [-0.3, -0.25) is 4.55 Å². The summed E-state index contributed by atoms with van der Waals surface area (Å²) < 4.78 is 32.8. The van der Waals surface area contributed by atoms with E-state index in [1.807, 2.05) is 42.5 Å². The molecule has 1 aromatic heterocycles. The molecule has 0 unspecified atom stereocenters. The van der Waals surface area contributed by atoms with E-state index >= 15 is 0 Å². The Kier molecular flexibility index (Phi) is 7.16. The van der Waals surface area contributed by atoms with Crippen molar-refractivity contribution in [2.24, 2.45) is 10.7 Å². The predicted octanol–water partition coefficient (Wildman–Crippen LogP) is 5.29. The lowest BCUT2D eigenvalue weighted by Crippen LogP contribution is -2.07. The highest BCUT2D eigenvalue weighted by Crippen LogP contribution is 2.37. The number of thiocarbonyl (C=S) groups is 1. The SMILES string of the molecule is NCCc1cccc2c(S(=O)(=O)O)c(N)c(N=C=S)cc12.c1ccc2nc3ccccc3cc2c1. The second-order valence-electron chi connectivity index (χ2n) is 7.74. The van der Waals surface area contributed by atoms with E-state index < -0.39 is 10.1 Å². The first kappa shape index (κ1) is 24.4. The second-order valence-corrected chi connectivity index (χ2v) is 9.28. The number of para-hydroxylation sites is 2. The number of isothiocyanates is 1. The van der Waals surface area contributed by atoms with E-state index in [1.165, 1.54) is 10.8 Å². The minimum absolute atomic E-state index is 0.148. The number of benzene rings is 4. The van der Waals surface area contributed by atoms with Crippen LogP contribution in [0.5, 0.6) is 0 Å². The van der Waals surface area contributed by atoms with Gasteiger partial charge < -0.3 is 11.5 Å². The number of fused-ring (bicyclic) bond motifs is 3. The van der Waals surface area contributed by atoms with E-state index in [0.29, 0.717) is 23.7 Å². The fraction of sp³-hybridized carbons (Fsp3) is 0.0769. The third-order valence-electron chi connectivity index (χ3n) is 5.51. The average molecular weight is 503 g/mol. The number of aromatic nitrogens is 1. The van der Waals surface area contributed by atoms with Crippen LogP contribution in [0.4, 0.5) is 11.4 Å². The summed E-state index contributed by atoms with van der Waals surface area (Å²) in [5, 5.41) is 5.48. The van der Waals surface area contributed by atoms with Crippen LogP contribution in [0.3, 0.4) is 0 Å². The summed E-state index contributed by atoms with van der Waals surface area (Å²) in [5.74, 6) is 0. The molecule has 1 heterocycles. The van der Waals surface area contributed by atoms with Gasteiger partial charge in [-0.25, -0.2) is 4.98 Å². The van der Waals surface area contributed by atoms with Crippen LogP contribution in [-0.4, -0.2) is 29.7 Å². The molecule has 176 valence electrons. The van der Waals surface area contributed by atoms with Crippen molar-refractivity contribution in [1.29, 1.82) is 0 Å². The number of anilines is 1. The summed E-state index contributed by atoms with van der Waals surface area (Å²) in [6.07, 6.45) is 0.549. The topological polar surface area (TPSA) is 132 Å². The molecule has 0 saturated carbocycles. The van der Waals surface area contributed by atoms with Crippen molar-refractivity contribution >= 4 is 71.5 Å². The van der Waals surface area contributed by atoms with Crippen LogP contribution in [0.25, 0.3) is 32.6 Å². The summed E-state index contributed by atoms with van der Waals surface area (Å²) >= 11 is 4.53. The van der Waals surface area contributed by atoms with Crippen molar-refractivity contribution < 1.29 is 13.0 Å². The Morgan fingerprint density at radius 2 is 1.54 bits per heavy atom. The summed E-state index contributed by atoms with van der Waals surface area (Å²) in [5.41, 5.74) is 14.3. The van der Waals surface area contributed by atoms with Gasteiger partial charge in [-0.1, -0.05) is 54.6 Å². The number of hydrogen-bond donors (Lipinski definition) is 3. The highest BCUT2D eigenvalue weighted by atomic mass is 32.2. The molecule has 35 heavy (non-hydrogen) atoms. The van der Waals surface area contributed by atoms with E-state index in [-0.39, 0.29) is 16.3 Å². The minimum Gasteiger partial charge on any atom is -0.396 e. The molecule has 0 fully saturated rings. The Balaban J connectivity index is 0.000000177. The van der Waals surface area contributed by atoms with Crippen molar-refractivity contribution in [2.75, 3.05) is 12.3 Å². The van der Waals surface area contributed by atoms with Crippen LogP contribution in [0.2, 0.25) is 0 Å². The third-order valence-corrected chi connectivity index (χ3v) is 6.55. The quantitative estimate of drug-likeness (QED) is 0.1000. The number of nitrogens with two attached hydrogens (primary N) is 2. The monoisotopic (exact) mass is 502 g/mol. The lowest BCUT2D eigenvalue weighted by Gasteiger charge is -2.12. The summed E-state index contributed by atoms with van der Waals surface area (Å²) in [6, 6.07) is 25.3. The fourth-order valence-electron chi connectivity index (χ4n) is 3.97. The smallest absolute Gasteiger partial charge is 0.297 e. The van der Waals surface area contributed by atoms with Crippen LogP contribution >= 0.6 is 12.2 Å². The number of hydrogen-bond acceptors (Lipinski definition) is 7. The average Bonchev–Trinajstić information content (AvgIpc) is 2.83. The molecule has 4 aromatic carbocycles. The first-order chi connectivity index (χ1) is 16.8. The standard InChI is InChI=1S/C13H13N3O3S2.C13H9N/c14-5-4-8-2-1-3-9-10(8)6-11(16-7-20)12(15)13(9)21(17,18)19;1-3-7-12-10(5-1)9-11-6-2-4-8-13(11)14-12/h1-3,6H,4-5,14-15H2,(H,17,18,19);1-9H. The van der Waals surface area contributed by atoms with Crippen LogP contribution < -0.4 is 11.5 Å². The molecule has 0 atom stereocenters. The molecule has 0 saturated heterocycles. The molecule has 0 aliphatic heterocycles. The number of rotatable bonds is 4.